The van der Waals surface area contributed by atoms with E-state index in [-0.39, 0.29) is 19.2 Å². The van der Waals surface area contributed by atoms with Gasteiger partial charge in [0.2, 0.25) is 6.79 Å². The zero-order valence-electron chi connectivity index (χ0n) is 10.9. The van der Waals surface area contributed by atoms with Crippen LogP contribution in [0.15, 0.2) is 21.7 Å². The Morgan fingerprint density at radius 2 is 2.10 bits per heavy atom. The van der Waals surface area contributed by atoms with Gasteiger partial charge in [-0.15, -0.1) is 22.6 Å². The predicted molar refractivity (Wildman–Crippen MR) is 83.6 cm³/mol. The second kappa shape index (κ2) is 6.19. The fourth-order valence-electron chi connectivity index (χ4n) is 1.64. The Morgan fingerprint density at radius 1 is 1.38 bits per heavy atom. The number of benzene rings is 1. The maximum absolute atomic E-state index is 5.70. The molecule has 1 aliphatic heterocycles. The highest BCUT2D eigenvalue weighted by Crippen LogP contribution is 2.36. The Labute approximate surface area is 134 Å². The second-order valence-electron chi connectivity index (χ2n) is 4.04. The lowest BCUT2D eigenvalue weighted by Gasteiger charge is -2.02. The second-order valence-corrected chi connectivity index (χ2v) is 4.89. The molecule has 0 unspecified atom stereocenters. The van der Waals surface area contributed by atoms with Crippen molar-refractivity contribution in [1.29, 1.82) is 0 Å². The largest absolute Gasteiger partial charge is 0.454 e. The first-order valence-corrected chi connectivity index (χ1v) is 6.50. The summed E-state index contributed by atoms with van der Waals surface area (Å²) in [6.07, 6.45) is 1.62. The summed E-state index contributed by atoms with van der Waals surface area (Å²) in [6.45, 7) is 1.98. The van der Waals surface area contributed by atoms with Crippen molar-refractivity contribution in [3.8, 4) is 11.5 Å². The van der Waals surface area contributed by atoms with Gasteiger partial charge in [-0.05, 0) is 35.0 Å². The van der Waals surface area contributed by atoms with E-state index >= 15 is 0 Å². The lowest BCUT2D eigenvalue weighted by Crippen LogP contribution is -2.13. The molecule has 0 aliphatic carbocycles. The summed E-state index contributed by atoms with van der Waals surface area (Å²) in [7, 11) is 0. The number of hydrogen-bond donors (Lipinski definition) is 2. The number of hydrogen-bond acceptors (Lipinski definition) is 7. The summed E-state index contributed by atoms with van der Waals surface area (Å²) in [5.74, 6) is 8.04. The van der Waals surface area contributed by atoms with Crippen molar-refractivity contribution in [2.45, 2.75) is 6.92 Å². The number of aromatic nitrogens is 3. The van der Waals surface area contributed by atoms with Crippen LogP contribution in [0.4, 0.5) is 5.95 Å². The summed E-state index contributed by atoms with van der Waals surface area (Å²) in [5.41, 5.74) is 3.55. The van der Waals surface area contributed by atoms with Gasteiger partial charge in [0.25, 0.3) is 5.95 Å². The van der Waals surface area contributed by atoms with Gasteiger partial charge in [0, 0.05) is 10.0 Å². The van der Waals surface area contributed by atoms with Crippen molar-refractivity contribution in [3.63, 3.8) is 0 Å². The molecule has 0 spiro atoms. The van der Waals surface area contributed by atoms with Crippen LogP contribution < -0.4 is 20.7 Å². The van der Waals surface area contributed by atoms with E-state index in [9.17, 15) is 0 Å². The molecule has 112 valence electrons. The van der Waals surface area contributed by atoms with Crippen molar-refractivity contribution in [2.75, 3.05) is 18.1 Å². The van der Waals surface area contributed by atoms with Crippen molar-refractivity contribution >= 4 is 40.5 Å². The number of nitrogens with two attached hydrogens (primary N) is 1. The molecule has 0 amide bonds. The van der Waals surface area contributed by atoms with Gasteiger partial charge >= 0.3 is 0 Å². The smallest absolute Gasteiger partial charge is 0.263 e. The Bertz CT molecular complexity index is 690. The number of ether oxygens (including phenoxy) is 2. The molecule has 3 rings (SSSR count). The van der Waals surface area contributed by atoms with Gasteiger partial charge in [0.05, 0.1) is 6.21 Å². The van der Waals surface area contributed by atoms with Crippen molar-refractivity contribution in [2.24, 2.45) is 5.10 Å². The number of anilines is 1. The van der Waals surface area contributed by atoms with E-state index < -0.39 is 0 Å². The predicted octanol–water partition coefficient (Wildman–Crippen LogP) is 1.66. The van der Waals surface area contributed by atoms with Crippen LogP contribution in [0.2, 0.25) is 0 Å². The van der Waals surface area contributed by atoms with E-state index in [1.807, 2.05) is 12.1 Å². The van der Waals surface area contributed by atoms with E-state index in [4.69, 9.17) is 15.3 Å². The molecule has 0 fully saturated rings. The number of nitrogens with one attached hydrogen (secondary N) is 1. The molecule has 0 atom stereocenters. The number of nitrogens with zero attached hydrogens (tertiary/aromatic N) is 4. The van der Waals surface area contributed by atoms with Gasteiger partial charge in [0.15, 0.2) is 17.3 Å². The highest BCUT2D eigenvalue weighted by Gasteiger charge is 2.15. The summed E-state index contributed by atoms with van der Waals surface area (Å²) in [6, 6.07) is 3.66. The Balaban J connectivity index is 0.00000161. The highest BCUT2D eigenvalue weighted by molar-refractivity contribution is 9.10. The minimum Gasteiger partial charge on any atom is -0.454 e. The maximum atomic E-state index is 5.70. The number of fused-ring (bicyclic) bond motifs is 1. The van der Waals surface area contributed by atoms with Gasteiger partial charge in [-0.2, -0.15) is 5.10 Å². The third-order valence-electron chi connectivity index (χ3n) is 2.73. The molecule has 10 heteroatoms. The zero-order chi connectivity index (χ0) is 14.1. The molecular formula is C11H12BrClN6O2. The van der Waals surface area contributed by atoms with Crippen LogP contribution in [0.5, 0.6) is 11.5 Å². The fraction of sp³-hybridized carbons (Fsp3) is 0.182. The van der Waals surface area contributed by atoms with Gasteiger partial charge in [0.1, 0.15) is 0 Å². The van der Waals surface area contributed by atoms with Crippen LogP contribution in [-0.2, 0) is 0 Å². The third-order valence-corrected chi connectivity index (χ3v) is 3.41. The lowest BCUT2D eigenvalue weighted by molar-refractivity contribution is 0.174. The van der Waals surface area contributed by atoms with Crippen molar-refractivity contribution in [3.05, 3.63) is 28.0 Å². The highest BCUT2D eigenvalue weighted by atomic mass is 79.9. The average molecular weight is 376 g/mol. The maximum Gasteiger partial charge on any atom is 0.263 e. The van der Waals surface area contributed by atoms with Crippen LogP contribution in [0, 0.1) is 6.92 Å². The molecule has 1 aromatic carbocycles. The normalized spacial score (nSPS) is 12.5. The molecule has 3 N–H and O–H groups in total. The number of halogens is 2. The first-order valence-electron chi connectivity index (χ1n) is 5.70. The molecule has 1 aliphatic rings. The Kier molecular flexibility index (Phi) is 4.53. The summed E-state index contributed by atoms with van der Waals surface area (Å²) in [4.78, 5) is 0. The van der Waals surface area contributed by atoms with E-state index in [1.165, 1.54) is 4.68 Å². The quantitative estimate of drug-likeness (QED) is 0.481. The number of hydrazone groups is 1. The summed E-state index contributed by atoms with van der Waals surface area (Å²) >= 11 is 3.44. The standard InChI is InChI=1S/C11H11BrN6O2.ClH/c1-6-15-17-11(18(6)13)16-14-4-7-2-9-10(3-8(7)12)20-5-19-9;/h2-4H,5,13H2,1H3,(H,16,17);1H/b14-4-;. The first kappa shape index (κ1) is 15.4. The third kappa shape index (κ3) is 3.03. The van der Waals surface area contributed by atoms with Crippen molar-refractivity contribution < 1.29 is 9.47 Å². The van der Waals surface area contributed by atoms with E-state index in [0.717, 1.165) is 10.0 Å². The van der Waals surface area contributed by atoms with Crippen LogP contribution in [0.3, 0.4) is 0 Å². The Morgan fingerprint density at radius 3 is 2.76 bits per heavy atom. The molecule has 0 saturated heterocycles. The fourth-order valence-corrected chi connectivity index (χ4v) is 2.06. The number of nitrogen functional groups attached to an aromatic ring is 1. The number of rotatable bonds is 3. The minimum absolute atomic E-state index is 0. The van der Waals surface area contributed by atoms with E-state index in [2.05, 4.69) is 36.7 Å². The van der Waals surface area contributed by atoms with Gasteiger partial charge in [-0.1, -0.05) is 0 Å². The SMILES string of the molecule is Cc1nnc(N/N=C\c2cc3c(cc2Br)OCO3)n1N.Cl. The molecule has 2 heterocycles. The van der Waals surface area contributed by atoms with Gasteiger partial charge in [-0.25, -0.2) is 10.1 Å². The van der Waals surface area contributed by atoms with Gasteiger partial charge in [-0.3, -0.25) is 0 Å². The molecular weight excluding hydrogens is 364 g/mol. The van der Waals surface area contributed by atoms with Crippen LogP contribution in [-0.4, -0.2) is 27.9 Å². The van der Waals surface area contributed by atoms with Crippen LogP contribution >= 0.6 is 28.3 Å². The van der Waals surface area contributed by atoms with Crippen LogP contribution in [0.25, 0.3) is 0 Å². The number of aryl methyl sites for hydroxylation is 1. The summed E-state index contributed by atoms with van der Waals surface area (Å²) < 4.78 is 12.7. The molecule has 0 bridgehead atoms. The Hall–Kier alpha value is -2.00. The van der Waals surface area contributed by atoms with E-state index in [1.54, 1.807) is 13.1 Å². The molecule has 8 nitrogen and oxygen atoms in total. The lowest BCUT2D eigenvalue weighted by atomic mass is 10.2. The molecule has 1 aromatic heterocycles. The topological polar surface area (TPSA) is 99.6 Å². The van der Waals surface area contributed by atoms with E-state index in [0.29, 0.717) is 23.3 Å². The summed E-state index contributed by atoms with van der Waals surface area (Å²) in [5, 5.41) is 11.7. The molecule has 0 radical (unpaired) electrons. The minimum atomic E-state index is 0. The van der Waals surface area contributed by atoms with Gasteiger partial charge < -0.3 is 15.3 Å². The molecule has 21 heavy (non-hydrogen) atoms. The molecule has 0 saturated carbocycles. The first-order chi connectivity index (χ1) is 9.65. The van der Waals surface area contributed by atoms with Crippen LogP contribution in [0.1, 0.15) is 11.4 Å². The average Bonchev–Trinajstić information content (AvgIpc) is 2.99. The zero-order valence-corrected chi connectivity index (χ0v) is 13.3. The molecule has 2 aromatic rings. The van der Waals surface area contributed by atoms with Crippen molar-refractivity contribution in [1.82, 2.24) is 14.9 Å². The monoisotopic (exact) mass is 374 g/mol.